The number of fused-ring (bicyclic) bond motifs is 1. The van der Waals surface area contributed by atoms with Crippen molar-refractivity contribution in [3.63, 3.8) is 0 Å². The number of carbonyl (C=O) groups is 2. The smallest absolute Gasteiger partial charge is 0.272 e. The Morgan fingerprint density at radius 1 is 0.941 bits per heavy atom. The Morgan fingerprint density at radius 2 is 1.68 bits per heavy atom. The van der Waals surface area contributed by atoms with E-state index in [4.69, 9.17) is 9.47 Å². The molecule has 1 aliphatic heterocycles. The van der Waals surface area contributed by atoms with E-state index in [1.54, 1.807) is 30.3 Å². The van der Waals surface area contributed by atoms with Gasteiger partial charge in [-0.25, -0.2) is 0 Å². The van der Waals surface area contributed by atoms with Gasteiger partial charge in [0.05, 0.1) is 4.92 Å². The number of anilines is 1. The summed E-state index contributed by atoms with van der Waals surface area (Å²) >= 11 is 0. The van der Waals surface area contributed by atoms with Crippen molar-refractivity contribution in [1.29, 1.82) is 0 Å². The molecule has 0 fully saturated rings. The first kappa shape index (κ1) is 22.5. The molecule has 0 saturated heterocycles. The lowest BCUT2D eigenvalue weighted by Crippen LogP contribution is -2.30. The highest BCUT2D eigenvalue weighted by atomic mass is 16.7. The lowest BCUT2D eigenvalue weighted by atomic mass is 10.1. The highest BCUT2D eigenvalue weighted by molar-refractivity contribution is 6.10. The number of nitrogens with one attached hydrogen (secondary N) is 2. The van der Waals surface area contributed by atoms with Crippen molar-refractivity contribution < 1.29 is 24.0 Å². The molecular weight excluding hydrogens is 438 g/mol. The SMILES string of the molecule is Cc1ccc(C(=O)N/C(=C\c2ccc3c(c2)OCO3)C(=O)Nc2ccc([N+](=O)[O-])cc2)cc1C. The molecule has 0 atom stereocenters. The van der Waals surface area contributed by atoms with Crippen LogP contribution in [0.2, 0.25) is 0 Å². The van der Waals surface area contributed by atoms with E-state index in [1.807, 2.05) is 19.9 Å². The molecular formula is C25H21N3O6. The fourth-order valence-electron chi connectivity index (χ4n) is 3.27. The normalized spacial score (nSPS) is 12.2. The maximum atomic E-state index is 13.1. The highest BCUT2D eigenvalue weighted by Gasteiger charge is 2.18. The summed E-state index contributed by atoms with van der Waals surface area (Å²) in [7, 11) is 0. The van der Waals surface area contributed by atoms with Gasteiger partial charge in [0.2, 0.25) is 6.79 Å². The zero-order valence-corrected chi connectivity index (χ0v) is 18.5. The first-order chi connectivity index (χ1) is 16.3. The van der Waals surface area contributed by atoms with Gasteiger partial charge in [-0.05, 0) is 73.0 Å². The van der Waals surface area contributed by atoms with Crippen molar-refractivity contribution in [3.8, 4) is 11.5 Å². The summed E-state index contributed by atoms with van der Waals surface area (Å²) in [5, 5.41) is 16.2. The summed E-state index contributed by atoms with van der Waals surface area (Å²) in [6.45, 7) is 3.95. The molecule has 2 N–H and O–H groups in total. The summed E-state index contributed by atoms with van der Waals surface area (Å²) < 4.78 is 10.7. The Kier molecular flexibility index (Phi) is 6.26. The number of nitrogens with zero attached hydrogens (tertiary/aromatic N) is 1. The van der Waals surface area contributed by atoms with Gasteiger partial charge in [-0.3, -0.25) is 19.7 Å². The molecule has 3 aromatic carbocycles. The average molecular weight is 459 g/mol. The number of amides is 2. The Bertz CT molecular complexity index is 1310. The minimum absolute atomic E-state index is 0.0135. The van der Waals surface area contributed by atoms with E-state index in [1.165, 1.54) is 30.3 Å². The van der Waals surface area contributed by atoms with Crippen LogP contribution in [0.3, 0.4) is 0 Å². The lowest BCUT2D eigenvalue weighted by molar-refractivity contribution is -0.384. The fourth-order valence-corrected chi connectivity index (χ4v) is 3.27. The molecule has 0 saturated carbocycles. The summed E-state index contributed by atoms with van der Waals surface area (Å²) in [5.41, 5.74) is 3.24. The molecule has 1 aliphatic rings. The van der Waals surface area contributed by atoms with Gasteiger partial charge in [0.1, 0.15) is 5.70 Å². The molecule has 9 nitrogen and oxygen atoms in total. The van der Waals surface area contributed by atoms with Crippen LogP contribution in [0.1, 0.15) is 27.0 Å². The minimum atomic E-state index is -0.594. The van der Waals surface area contributed by atoms with Gasteiger partial charge < -0.3 is 20.1 Å². The summed E-state index contributed by atoms with van der Waals surface area (Å²) in [5.74, 6) is 0.0789. The topological polar surface area (TPSA) is 120 Å². The van der Waals surface area contributed by atoms with Gasteiger partial charge in [0.15, 0.2) is 11.5 Å². The van der Waals surface area contributed by atoms with E-state index in [0.29, 0.717) is 28.3 Å². The molecule has 34 heavy (non-hydrogen) atoms. The van der Waals surface area contributed by atoms with Gasteiger partial charge in [0, 0.05) is 23.4 Å². The molecule has 4 rings (SSSR count). The Labute approximate surface area is 195 Å². The zero-order chi connectivity index (χ0) is 24.2. The van der Waals surface area contributed by atoms with Gasteiger partial charge in [-0.15, -0.1) is 0 Å². The van der Waals surface area contributed by atoms with E-state index in [-0.39, 0.29) is 18.2 Å². The third-order valence-corrected chi connectivity index (χ3v) is 5.31. The predicted octanol–water partition coefficient (Wildman–Crippen LogP) is 4.35. The first-order valence-electron chi connectivity index (χ1n) is 10.4. The average Bonchev–Trinajstić information content (AvgIpc) is 3.28. The standard InChI is InChI=1S/C25H21N3O6/c1-15-3-5-18(11-16(15)2)24(29)27-21(12-17-4-10-22-23(13-17)34-14-33-22)25(30)26-19-6-8-20(9-7-19)28(31)32/h3-13H,14H2,1-2H3,(H,26,30)(H,27,29)/b21-12-. The van der Waals surface area contributed by atoms with Crippen LogP contribution in [0.25, 0.3) is 6.08 Å². The van der Waals surface area contributed by atoms with E-state index in [2.05, 4.69) is 10.6 Å². The van der Waals surface area contributed by atoms with Gasteiger partial charge in [-0.1, -0.05) is 12.1 Å². The van der Waals surface area contributed by atoms with Crippen LogP contribution >= 0.6 is 0 Å². The van der Waals surface area contributed by atoms with Crippen molar-refractivity contribution in [2.45, 2.75) is 13.8 Å². The molecule has 2 amide bonds. The van der Waals surface area contributed by atoms with Crippen LogP contribution in [-0.4, -0.2) is 23.5 Å². The third-order valence-electron chi connectivity index (χ3n) is 5.31. The summed E-state index contributed by atoms with van der Waals surface area (Å²) in [4.78, 5) is 36.3. The molecule has 1 heterocycles. The fraction of sp³-hybridized carbons (Fsp3) is 0.120. The first-order valence-corrected chi connectivity index (χ1v) is 10.4. The molecule has 0 bridgehead atoms. The van der Waals surface area contributed by atoms with Gasteiger partial charge in [-0.2, -0.15) is 0 Å². The van der Waals surface area contributed by atoms with Gasteiger partial charge >= 0.3 is 0 Å². The molecule has 3 aromatic rings. The maximum Gasteiger partial charge on any atom is 0.272 e. The van der Waals surface area contributed by atoms with Crippen molar-refractivity contribution in [1.82, 2.24) is 5.32 Å². The number of carbonyl (C=O) groups excluding carboxylic acids is 2. The third kappa shape index (κ3) is 5.04. The van der Waals surface area contributed by atoms with Crippen LogP contribution in [0.5, 0.6) is 11.5 Å². The molecule has 0 aliphatic carbocycles. The Morgan fingerprint density at radius 3 is 2.38 bits per heavy atom. The van der Waals surface area contributed by atoms with Crippen LogP contribution in [0.15, 0.2) is 66.4 Å². The van der Waals surface area contributed by atoms with Crippen LogP contribution in [0.4, 0.5) is 11.4 Å². The number of hydrogen-bond acceptors (Lipinski definition) is 6. The highest BCUT2D eigenvalue weighted by Crippen LogP contribution is 2.33. The molecule has 0 aromatic heterocycles. The van der Waals surface area contributed by atoms with Crippen molar-refractivity contribution >= 4 is 29.3 Å². The predicted molar refractivity (Wildman–Crippen MR) is 126 cm³/mol. The van der Waals surface area contributed by atoms with E-state index >= 15 is 0 Å². The van der Waals surface area contributed by atoms with E-state index < -0.39 is 16.7 Å². The van der Waals surface area contributed by atoms with Crippen LogP contribution in [-0.2, 0) is 4.79 Å². The molecule has 9 heteroatoms. The van der Waals surface area contributed by atoms with E-state index in [0.717, 1.165) is 11.1 Å². The number of nitro benzene ring substituents is 1. The minimum Gasteiger partial charge on any atom is -0.454 e. The quantitative estimate of drug-likeness (QED) is 0.321. The van der Waals surface area contributed by atoms with Crippen molar-refractivity contribution in [3.05, 3.63) is 98.7 Å². The second kappa shape index (κ2) is 9.45. The van der Waals surface area contributed by atoms with Crippen molar-refractivity contribution in [2.75, 3.05) is 12.1 Å². The second-order valence-corrected chi connectivity index (χ2v) is 7.68. The number of hydrogen-bond donors (Lipinski definition) is 2. The second-order valence-electron chi connectivity index (χ2n) is 7.68. The monoisotopic (exact) mass is 459 g/mol. The van der Waals surface area contributed by atoms with Gasteiger partial charge in [0.25, 0.3) is 17.5 Å². The molecule has 0 radical (unpaired) electrons. The lowest BCUT2D eigenvalue weighted by Gasteiger charge is -2.12. The number of aryl methyl sites for hydroxylation is 2. The molecule has 0 unspecified atom stereocenters. The zero-order valence-electron chi connectivity index (χ0n) is 18.5. The number of ether oxygens (including phenoxy) is 2. The van der Waals surface area contributed by atoms with Crippen molar-refractivity contribution in [2.24, 2.45) is 0 Å². The summed E-state index contributed by atoms with van der Waals surface area (Å²) in [6, 6.07) is 15.8. The Hall–Kier alpha value is -4.66. The maximum absolute atomic E-state index is 13.1. The van der Waals surface area contributed by atoms with Crippen LogP contribution < -0.4 is 20.1 Å². The van der Waals surface area contributed by atoms with E-state index in [9.17, 15) is 19.7 Å². The van der Waals surface area contributed by atoms with Crippen LogP contribution in [0, 0.1) is 24.0 Å². The summed E-state index contributed by atoms with van der Waals surface area (Å²) in [6.07, 6.45) is 1.52. The number of nitro groups is 1. The molecule has 172 valence electrons. The molecule has 0 spiro atoms. The number of rotatable bonds is 6. The largest absolute Gasteiger partial charge is 0.454 e. The number of benzene rings is 3. The number of non-ortho nitro benzene ring substituents is 1. The Balaban J connectivity index is 1.62.